The van der Waals surface area contributed by atoms with Crippen molar-refractivity contribution in [3.8, 4) is 0 Å². The summed E-state index contributed by atoms with van der Waals surface area (Å²) in [5.41, 5.74) is 2.08. The van der Waals surface area contributed by atoms with Crippen molar-refractivity contribution in [1.29, 1.82) is 0 Å². The van der Waals surface area contributed by atoms with Crippen molar-refractivity contribution in [1.82, 2.24) is 4.98 Å². The van der Waals surface area contributed by atoms with Crippen molar-refractivity contribution in [2.24, 2.45) is 5.92 Å². The number of anilines is 1. The number of nitrogens with one attached hydrogen (secondary N) is 1. The maximum absolute atomic E-state index is 11.7. The summed E-state index contributed by atoms with van der Waals surface area (Å²) in [6, 6.07) is 0.327. The molecule has 1 N–H and O–H groups in total. The molecule has 1 aromatic rings. The molecule has 0 spiro atoms. The maximum atomic E-state index is 11.7. The normalized spacial score (nSPS) is 12.5. The Hall–Kier alpha value is -1.10. The summed E-state index contributed by atoms with van der Waals surface area (Å²) in [6.45, 7) is 8.69. The number of carbonyl (C=O) groups excluding carboxylic acids is 1. The fourth-order valence-electron chi connectivity index (χ4n) is 2.01. The van der Waals surface area contributed by atoms with Crippen molar-refractivity contribution in [2.45, 2.75) is 46.6 Å². The number of nitrogens with zero attached hydrogens (tertiary/aromatic N) is 1. The second kappa shape index (κ2) is 7.36. The number of thiazole rings is 1. The predicted molar refractivity (Wildman–Crippen MR) is 75.2 cm³/mol. The van der Waals surface area contributed by atoms with E-state index in [1.807, 2.05) is 0 Å². The summed E-state index contributed by atoms with van der Waals surface area (Å²) in [7, 11) is 0. The molecule has 18 heavy (non-hydrogen) atoms. The van der Waals surface area contributed by atoms with Crippen LogP contribution in [-0.2, 0) is 4.74 Å². The third-order valence-corrected chi connectivity index (χ3v) is 3.91. The first-order valence-electron chi connectivity index (χ1n) is 6.51. The number of aromatic nitrogens is 1. The third kappa shape index (κ3) is 3.70. The van der Waals surface area contributed by atoms with E-state index in [2.05, 4.69) is 31.1 Å². The van der Waals surface area contributed by atoms with Gasteiger partial charge in [-0.05, 0) is 19.8 Å². The molecule has 102 valence electrons. The lowest BCUT2D eigenvalue weighted by atomic mass is 9.96. The van der Waals surface area contributed by atoms with Gasteiger partial charge in [0.25, 0.3) is 0 Å². The van der Waals surface area contributed by atoms with Gasteiger partial charge in [0.2, 0.25) is 0 Å². The van der Waals surface area contributed by atoms with Crippen LogP contribution in [0.4, 0.5) is 5.00 Å². The number of hydrogen-bond acceptors (Lipinski definition) is 5. The predicted octanol–water partition coefficient (Wildman–Crippen LogP) is 3.56. The van der Waals surface area contributed by atoms with Crippen LogP contribution in [0.2, 0.25) is 0 Å². The van der Waals surface area contributed by atoms with Gasteiger partial charge >= 0.3 is 5.97 Å². The molecule has 0 aromatic carbocycles. The minimum Gasteiger partial charge on any atom is -0.461 e. The molecular formula is C13H22N2O2S. The molecule has 0 amide bonds. The monoisotopic (exact) mass is 270 g/mol. The number of rotatable bonds is 7. The Morgan fingerprint density at radius 2 is 2.11 bits per heavy atom. The SMILES string of the molecule is CCOC(=O)c1ncsc1NC(C)C(CC)CC. The van der Waals surface area contributed by atoms with E-state index in [-0.39, 0.29) is 5.97 Å². The van der Waals surface area contributed by atoms with E-state index >= 15 is 0 Å². The molecule has 1 unspecified atom stereocenters. The van der Waals surface area contributed by atoms with Gasteiger partial charge in [0.15, 0.2) is 5.69 Å². The van der Waals surface area contributed by atoms with Crippen molar-refractivity contribution < 1.29 is 9.53 Å². The quantitative estimate of drug-likeness (QED) is 0.770. The van der Waals surface area contributed by atoms with Crippen molar-refractivity contribution in [3.05, 3.63) is 11.2 Å². The molecule has 1 rings (SSSR count). The number of ether oxygens (including phenoxy) is 1. The fraction of sp³-hybridized carbons (Fsp3) is 0.692. The Bertz CT molecular complexity index is 375. The summed E-state index contributed by atoms with van der Waals surface area (Å²) in [4.78, 5) is 15.8. The summed E-state index contributed by atoms with van der Waals surface area (Å²) >= 11 is 1.45. The van der Waals surface area contributed by atoms with E-state index in [0.29, 0.717) is 24.3 Å². The zero-order valence-corrected chi connectivity index (χ0v) is 12.3. The largest absolute Gasteiger partial charge is 0.461 e. The van der Waals surface area contributed by atoms with Gasteiger partial charge in [-0.15, -0.1) is 11.3 Å². The van der Waals surface area contributed by atoms with Crippen LogP contribution in [0.5, 0.6) is 0 Å². The molecule has 5 heteroatoms. The van der Waals surface area contributed by atoms with Gasteiger partial charge in [-0.2, -0.15) is 0 Å². The van der Waals surface area contributed by atoms with Crippen LogP contribution in [0.1, 0.15) is 51.0 Å². The van der Waals surface area contributed by atoms with Crippen LogP contribution < -0.4 is 5.32 Å². The molecule has 0 fully saturated rings. The summed E-state index contributed by atoms with van der Waals surface area (Å²) in [5.74, 6) is 0.250. The van der Waals surface area contributed by atoms with Crippen molar-refractivity contribution in [2.75, 3.05) is 11.9 Å². The molecule has 0 aliphatic rings. The standard InChI is InChI=1S/C13H22N2O2S/c1-5-10(6-2)9(4)15-12-11(14-8-18-12)13(16)17-7-3/h8-10,15H,5-7H2,1-4H3. The summed E-state index contributed by atoms with van der Waals surface area (Å²) < 4.78 is 4.99. The van der Waals surface area contributed by atoms with Gasteiger partial charge in [0.05, 0.1) is 12.1 Å². The van der Waals surface area contributed by atoms with Crippen LogP contribution in [-0.4, -0.2) is 23.6 Å². The molecule has 0 radical (unpaired) electrons. The molecule has 1 heterocycles. The maximum Gasteiger partial charge on any atom is 0.360 e. The highest BCUT2D eigenvalue weighted by Gasteiger charge is 2.20. The van der Waals surface area contributed by atoms with Crippen LogP contribution in [0.3, 0.4) is 0 Å². The van der Waals surface area contributed by atoms with E-state index in [4.69, 9.17) is 4.74 Å². The fourth-order valence-corrected chi connectivity index (χ4v) is 2.78. The van der Waals surface area contributed by atoms with Gasteiger partial charge in [-0.25, -0.2) is 9.78 Å². The Labute approximate surface area is 113 Å². The molecule has 0 bridgehead atoms. The van der Waals surface area contributed by atoms with Crippen LogP contribution in [0.25, 0.3) is 0 Å². The lowest BCUT2D eigenvalue weighted by molar-refractivity contribution is 0.0521. The Morgan fingerprint density at radius 3 is 2.67 bits per heavy atom. The highest BCUT2D eigenvalue weighted by molar-refractivity contribution is 7.14. The van der Waals surface area contributed by atoms with Crippen LogP contribution >= 0.6 is 11.3 Å². The Kier molecular flexibility index (Phi) is 6.12. The van der Waals surface area contributed by atoms with E-state index < -0.39 is 0 Å². The summed E-state index contributed by atoms with van der Waals surface area (Å²) in [5, 5.41) is 4.20. The lowest BCUT2D eigenvalue weighted by Crippen LogP contribution is -2.25. The number of esters is 1. The lowest BCUT2D eigenvalue weighted by Gasteiger charge is -2.22. The molecule has 4 nitrogen and oxygen atoms in total. The smallest absolute Gasteiger partial charge is 0.360 e. The average Bonchev–Trinajstić information content (AvgIpc) is 2.79. The number of carbonyl (C=O) groups is 1. The molecular weight excluding hydrogens is 248 g/mol. The highest BCUT2D eigenvalue weighted by Crippen LogP contribution is 2.25. The van der Waals surface area contributed by atoms with E-state index in [1.165, 1.54) is 11.3 Å². The summed E-state index contributed by atoms with van der Waals surface area (Å²) in [6.07, 6.45) is 2.25. The van der Waals surface area contributed by atoms with Crippen LogP contribution in [0, 0.1) is 5.92 Å². The molecule has 0 aliphatic carbocycles. The first kappa shape index (κ1) is 15.0. The average molecular weight is 270 g/mol. The number of hydrogen-bond donors (Lipinski definition) is 1. The minimum absolute atomic E-state index is 0.327. The highest BCUT2D eigenvalue weighted by atomic mass is 32.1. The first-order valence-corrected chi connectivity index (χ1v) is 7.39. The molecule has 0 aliphatic heterocycles. The van der Waals surface area contributed by atoms with E-state index in [9.17, 15) is 4.79 Å². The molecule has 1 atom stereocenters. The second-order valence-corrected chi connectivity index (χ2v) is 5.11. The Balaban J connectivity index is 2.73. The van der Waals surface area contributed by atoms with Gasteiger partial charge < -0.3 is 10.1 Å². The van der Waals surface area contributed by atoms with Gasteiger partial charge in [0, 0.05) is 6.04 Å². The van der Waals surface area contributed by atoms with Gasteiger partial charge in [0.1, 0.15) is 5.00 Å². The van der Waals surface area contributed by atoms with Crippen LogP contribution in [0.15, 0.2) is 5.51 Å². The van der Waals surface area contributed by atoms with Crippen molar-refractivity contribution >= 4 is 22.3 Å². The zero-order chi connectivity index (χ0) is 13.5. The second-order valence-electron chi connectivity index (χ2n) is 4.26. The van der Waals surface area contributed by atoms with Gasteiger partial charge in [-0.3, -0.25) is 0 Å². The first-order chi connectivity index (χ1) is 8.63. The van der Waals surface area contributed by atoms with E-state index in [0.717, 1.165) is 17.8 Å². The Morgan fingerprint density at radius 1 is 1.44 bits per heavy atom. The third-order valence-electron chi connectivity index (χ3n) is 3.15. The molecule has 1 aromatic heterocycles. The molecule has 0 saturated carbocycles. The van der Waals surface area contributed by atoms with Crippen molar-refractivity contribution in [3.63, 3.8) is 0 Å². The van der Waals surface area contributed by atoms with Gasteiger partial charge in [-0.1, -0.05) is 26.7 Å². The topological polar surface area (TPSA) is 51.2 Å². The minimum atomic E-state index is -0.349. The molecule has 0 saturated heterocycles. The van der Waals surface area contributed by atoms with E-state index in [1.54, 1.807) is 12.4 Å². The zero-order valence-electron chi connectivity index (χ0n) is 11.5.